The van der Waals surface area contributed by atoms with Crippen molar-refractivity contribution < 1.29 is 13.6 Å². The number of hydrogen-bond acceptors (Lipinski definition) is 6. The third kappa shape index (κ3) is 3.44. The number of fused-ring (bicyclic) bond motifs is 1. The average molecular weight is 377 g/mol. The molecule has 0 aliphatic carbocycles. The second-order valence-corrected chi connectivity index (χ2v) is 6.75. The van der Waals surface area contributed by atoms with E-state index >= 15 is 0 Å². The summed E-state index contributed by atoms with van der Waals surface area (Å²) in [7, 11) is 1.59. The lowest BCUT2D eigenvalue weighted by atomic mass is 10.1. The Bertz CT molecular complexity index is 875. The van der Waals surface area contributed by atoms with Gasteiger partial charge in [0, 0.05) is 32.5 Å². The summed E-state index contributed by atoms with van der Waals surface area (Å²) in [6, 6.07) is 0.621. The first-order valence-electron chi connectivity index (χ1n) is 8.92. The topological polar surface area (TPSA) is 77.8 Å². The molecule has 144 valence electrons. The molecule has 0 aromatic carbocycles. The molecule has 1 atom stereocenters. The van der Waals surface area contributed by atoms with Gasteiger partial charge in [0.25, 0.3) is 12.3 Å². The summed E-state index contributed by atoms with van der Waals surface area (Å²) >= 11 is 0. The largest absolute Gasteiger partial charge is 0.357 e. The van der Waals surface area contributed by atoms with Crippen LogP contribution in [0.2, 0.25) is 0 Å². The molecule has 1 unspecified atom stereocenters. The van der Waals surface area contributed by atoms with Gasteiger partial charge < -0.3 is 15.2 Å². The number of hydrazine groups is 1. The number of halogens is 2. The van der Waals surface area contributed by atoms with E-state index in [1.165, 1.54) is 28.3 Å². The molecule has 2 aromatic heterocycles. The van der Waals surface area contributed by atoms with Crippen LogP contribution in [0.3, 0.4) is 0 Å². The average Bonchev–Trinajstić information content (AvgIpc) is 3.25. The SMILES string of the molecule is CN1C=C(NC(=O)c2cnn3ccc(N4CCCCC4)nc23)C(C(F)F)N1. The van der Waals surface area contributed by atoms with Gasteiger partial charge >= 0.3 is 0 Å². The van der Waals surface area contributed by atoms with Crippen LogP contribution in [0.1, 0.15) is 29.6 Å². The van der Waals surface area contributed by atoms with Crippen LogP contribution in [0.4, 0.5) is 14.6 Å². The van der Waals surface area contributed by atoms with Crippen molar-refractivity contribution in [2.24, 2.45) is 0 Å². The highest BCUT2D eigenvalue weighted by Crippen LogP contribution is 2.20. The Morgan fingerprint density at radius 2 is 2.11 bits per heavy atom. The molecule has 0 bridgehead atoms. The standard InChI is InChI=1S/C17H21F2N7O/c1-24-10-12(14(23-24)15(18)19)21-17(27)11-9-20-26-8-5-13(22-16(11)26)25-6-3-2-4-7-25/h5,8-10,14-15,23H,2-4,6-7H2,1H3,(H,21,27). The predicted octanol–water partition coefficient (Wildman–Crippen LogP) is 1.37. The summed E-state index contributed by atoms with van der Waals surface area (Å²) in [5, 5.41) is 8.11. The fourth-order valence-electron chi connectivity index (χ4n) is 3.43. The van der Waals surface area contributed by atoms with Crippen LogP contribution in [-0.4, -0.2) is 58.1 Å². The maximum Gasteiger partial charge on any atom is 0.261 e. The van der Waals surface area contributed by atoms with Gasteiger partial charge in [0.1, 0.15) is 17.4 Å². The van der Waals surface area contributed by atoms with E-state index in [-0.39, 0.29) is 11.3 Å². The number of nitrogens with one attached hydrogen (secondary N) is 2. The maximum absolute atomic E-state index is 13.2. The third-order valence-corrected chi connectivity index (χ3v) is 4.80. The molecule has 2 aliphatic rings. The van der Waals surface area contributed by atoms with Crippen LogP contribution in [0, 0.1) is 0 Å². The number of rotatable bonds is 4. The lowest BCUT2D eigenvalue weighted by Crippen LogP contribution is -2.42. The molecule has 2 aliphatic heterocycles. The van der Waals surface area contributed by atoms with Crippen LogP contribution in [0.5, 0.6) is 0 Å². The Morgan fingerprint density at radius 3 is 2.85 bits per heavy atom. The molecule has 8 nitrogen and oxygen atoms in total. The molecule has 27 heavy (non-hydrogen) atoms. The smallest absolute Gasteiger partial charge is 0.261 e. The molecule has 0 radical (unpaired) electrons. The molecule has 4 rings (SSSR count). The van der Waals surface area contributed by atoms with E-state index in [9.17, 15) is 13.6 Å². The van der Waals surface area contributed by atoms with Crippen molar-refractivity contribution in [1.29, 1.82) is 0 Å². The Hall–Kier alpha value is -2.75. The Labute approximate surface area is 154 Å². The van der Waals surface area contributed by atoms with Crippen LogP contribution in [-0.2, 0) is 0 Å². The highest BCUT2D eigenvalue weighted by Gasteiger charge is 2.32. The predicted molar refractivity (Wildman–Crippen MR) is 95.3 cm³/mol. The lowest BCUT2D eigenvalue weighted by Gasteiger charge is -2.27. The zero-order chi connectivity index (χ0) is 19.0. The quantitative estimate of drug-likeness (QED) is 0.838. The zero-order valence-electron chi connectivity index (χ0n) is 14.9. The number of alkyl halides is 2. The maximum atomic E-state index is 13.2. The fraction of sp³-hybridized carbons (Fsp3) is 0.471. The zero-order valence-corrected chi connectivity index (χ0v) is 14.9. The lowest BCUT2D eigenvalue weighted by molar-refractivity contribution is 0.0882. The summed E-state index contributed by atoms with van der Waals surface area (Å²) in [5.74, 6) is 0.283. The molecule has 10 heteroatoms. The van der Waals surface area contributed by atoms with Gasteiger partial charge in [-0.25, -0.2) is 23.7 Å². The number of hydrogen-bond donors (Lipinski definition) is 2. The van der Waals surface area contributed by atoms with Crippen molar-refractivity contribution in [2.75, 3.05) is 25.0 Å². The second kappa shape index (κ2) is 7.10. The van der Waals surface area contributed by atoms with E-state index in [1.807, 2.05) is 6.07 Å². The first kappa shape index (κ1) is 17.7. The van der Waals surface area contributed by atoms with Gasteiger partial charge in [-0.2, -0.15) is 5.10 Å². The van der Waals surface area contributed by atoms with E-state index < -0.39 is 18.4 Å². The Balaban J connectivity index is 1.59. The van der Waals surface area contributed by atoms with E-state index in [1.54, 1.807) is 13.2 Å². The number of nitrogens with zero attached hydrogens (tertiary/aromatic N) is 5. The van der Waals surface area contributed by atoms with Gasteiger partial charge in [-0.15, -0.1) is 0 Å². The Morgan fingerprint density at radius 1 is 1.33 bits per heavy atom. The minimum Gasteiger partial charge on any atom is -0.357 e. The summed E-state index contributed by atoms with van der Waals surface area (Å²) < 4.78 is 27.8. The van der Waals surface area contributed by atoms with Crippen LogP contribution in [0.25, 0.3) is 5.65 Å². The number of anilines is 1. The van der Waals surface area contributed by atoms with Gasteiger partial charge in [-0.3, -0.25) is 4.79 Å². The number of aromatic nitrogens is 3. The van der Waals surface area contributed by atoms with Crippen LogP contribution < -0.4 is 15.6 Å². The summed E-state index contributed by atoms with van der Waals surface area (Å²) in [6.07, 6.45) is 5.40. The monoisotopic (exact) mass is 377 g/mol. The van der Waals surface area contributed by atoms with Crippen LogP contribution in [0.15, 0.2) is 30.4 Å². The molecule has 4 heterocycles. The second-order valence-electron chi connectivity index (χ2n) is 6.75. The van der Waals surface area contributed by atoms with E-state index in [0.29, 0.717) is 5.65 Å². The first-order chi connectivity index (χ1) is 13.0. The number of carbonyl (C=O) groups excluding carboxylic acids is 1. The number of amides is 1. The van der Waals surface area contributed by atoms with Gasteiger partial charge in [-0.05, 0) is 25.3 Å². The van der Waals surface area contributed by atoms with Crippen LogP contribution >= 0.6 is 0 Å². The summed E-state index contributed by atoms with van der Waals surface area (Å²) in [4.78, 5) is 19.5. The van der Waals surface area contributed by atoms with Crippen molar-refractivity contribution in [3.63, 3.8) is 0 Å². The highest BCUT2D eigenvalue weighted by molar-refractivity contribution is 6.00. The normalized spacial score (nSPS) is 20.4. The molecule has 0 saturated carbocycles. The van der Waals surface area contributed by atoms with Crippen molar-refractivity contribution in [2.45, 2.75) is 31.7 Å². The van der Waals surface area contributed by atoms with E-state index in [0.717, 1.165) is 31.7 Å². The van der Waals surface area contributed by atoms with E-state index in [2.05, 4.69) is 25.7 Å². The van der Waals surface area contributed by atoms with Gasteiger partial charge in [0.05, 0.1) is 11.9 Å². The molecule has 1 fully saturated rings. The van der Waals surface area contributed by atoms with E-state index in [4.69, 9.17) is 0 Å². The molecule has 1 saturated heterocycles. The molecular weight excluding hydrogens is 356 g/mol. The van der Waals surface area contributed by atoms with Crippen molar-refractivity contribution in [3.8, 4) is 0 Å². The third-order valence-electron chi connectivity index (χ3n) is 4.80. The van der Waals surface area contributed by atoms with Gasteiger partial charge in [-0.1, -0.05) is 0 Å². The van der Waals surface area contributed by atoms with Crippen molar-refractivity contribution in [1.82, 2.24) is 30.3 Å². The Kier molecular flexibility index (Phi) is 4.65. The number of carbonyl (C=O) groups is 1. The van der Waals surface area contributed by atoms with Gasteiger partial charge in [0.2, 0.25) is 0 Å². The number of piperidine rings is 1. The van der Waals surface area contributed by atoms with Gasteiger partial charge in [0.15, 0.2) is 5.65 Å². The highest BCUT2D eigenvalue weighted by atomic mass is 19.3. The molecular formula is C17H21F2N7O. The minimum absolute atomic E-state index is 0.115. The molecule has 2 aromatic rings. The van der Waals surface area contributed by atoms with Crippen molar-refractivity contribution >= 4 is 17.4 Å². The minimum atomic E-state index is -2.64. The fourth-order valence-corrected chi connectivity index (χ4v) is 3.43. The first-order valence-corrected chi connectivity index (χ1v) is 8.92. The molecule has 0 spiro atoms. The summed E-state index contributed by atoms with van der Waals surface area (Å²) in [6.45, 7) is 1.86. The summed E-state index contributed by atoms with van der Waals surface area (Å²) in [5.41, 5.74) is 3.35. The molecule has 2 N–H and O–H groups in total. The molecule has 1 amide bonds. The van der Waals surface area contributed by atoms with Crippen molar-refractivity contribution in [3.05, 3.63) is 35.9 Å².